The molecular formula is C14H25N3O. The van der Waals surface area contributed by atoms with Gasteiger partial charge in [-0.25, -0.2) is 0 Å². The molecule has 0 spiro atoms. The third-order valence-electron chi connectivity index (χ3n) is 3.88. The quantitative estimate of drug-likeness (QED) is 0.747. The molecule has 4 nitrogen and oxygen atoms in total. The summed E-state index contributed by atoms with van der Waals surface area (Å²) in [5, 5.41) is 9.09. The highest BCUT2D eigenvalue weighted by molar-refractivity contribution is 5.81. The van der Waals surface area contributed by atoms with Gasteiger partial charge in [-0.05, 0) is 25.4 Å². The number of carbonyl (C=O) groups excluding carboxylic acids is 1. The van der Waals surface area contributed by atoms with Crippen molar-refractivity contribution in [3.63, 3.8) is 0 Å². The smallest absolute Gasteiger partial charge is 0.240 e. The van der Waals surface area contributed by atoms with Crippen molar-refractivity contribution < 1.29 is 4.79 Å². The first-order valence-corrected chi connectivity index (χ1v) is 6.97. The molecule has 1 saturated heterocycles. The molecule has 4 heteroatoms. The standard InChI is InChI=1S/C14H25N3O/c1-5-16(6-2)12-7-8-17(10-12)14(18)13(9-15)11(3)4/h11-13H,5-8,10H2,1-4H3. The van der Waals surface area contributed by atoms with Crippen molar-refractivity contribution in [3.05, 3.63) is 0 Å². The van der Waals surface area contributed by atoms with Crippen LogP contribution in [0.4, 0.5) is 0 Å². The van der Waals surface area contributed by atoms with Crippen LogP contribution in [0.3, 0.4) is 0 Å². The van der Waals surface area contributed by atoms with E-state index in [1.54, 1.807) is 0 Å². The first kappa shape index (κ1) is 15.0. The average Bonchev–Trinajstić information content (AvgIpc) is 2.80. The Labute approximate surface area is 111 Å². The molecule has 1 aliphatic rings. The van der Waals surface area contributed by atoms with Crippen LogP contribution >= 0.6 is 0 Å². The SMILES string of the molecule is CCN(CC)C1CCN(C(=O)C(C#N)C(C)C)C1. The summed E-state index contributed by atoms with van der Waals surface area (Å²) < 4.78 is 0. The molecule has 0 aliphatic carbocycles. The van der Waals surface area contributed by atoms with Gasteiger partial charge in [-0.3, -0.25) is 9.69 Å². The second-order valence-electron chi connectivity index (χ2n) is 5.30. The molecule has 18 heavy (non-hydrogen) atoms. The van der Waals surface area contributed by atoms with Crippen molar-refractivity contribution in [2.24, 2.45) is 11.8 Å². The highest BCUT2D eigenvalue weighted by Crippen LogP contribution is 2.20. The van der Waals surface area contributed by atoms with Gasteiger partial charge in [-0.1, -0.05) is 27.7 Å². The zero-order valence-corrected chi connectivity index (χ0v) is 12.0. The van der Waals surface area contributed by atoms with E-state index in [9.17, 15) is 4.79 Å². The predicted octanol–water partition coefficient (Wildman–Crippen LogP) is 1.72. The van der Waals surface area contributed by atoms with Crippen LogP contribution in [0.1, 0.15) is 34.1 Å². The van der Waals surface area contributed by atoms with Crippen molar-refractivity contribution >= 4 is 5.91 Å². The summed E-state index contributed by atoms with van der Waals surface area (Å²) >= 11 is 0. The zero-order valence-electron chi connectivity index (χ0n) is 12.0. The number of hydrogen-bond donors (Lipinski definition) is 0. The lowest BCUT2D eigenvalue weighted by atomic mass is 9.96. The van der Waals surface area contributed by atoms with Gasteiger partial charge in [-0.15, -0.1) is 0 Å². The van der Waals surface area contributed by atoms with Crippen LogP contribution in [0.5, 0.6) is 0 Å². The van der Waals surface area contributed by atoms with E-state index in [1.165, 1.54) is 0 Å². The van der Waals surface area contributed by atoms with E-state index in [0.29, 0.717) is 6.04 Å². The van der Waals surface area contributed by atoms with Crippen LogP contribution in [0, 0.1) is 23.2 Å². The predicted molar refractivity (Wildman–Crippen MR) is 71.8 cm³/mol. The summed E-state index contributed by atoms with van der Waals surface area (Å²) in [5.41, 5.74) is 0. The summed E-state index contributed by atoms with van der Waals surface area (Å²) in [6.45, 7) is 11.8. The fourth-order valence-corrected chi connectivity index (χ4v) is 2.67. The Morgan fingerprint density at radius 1 is 1.44 bits per heavy atom. The molecule has 0 aromatic heterocycles. The molecule has 1 fully saturated rings. The molecule has 0 aromatic rings. The van der Waals surface area contributed by atoms with Crippen molar-refractivity contribution in [2.75, 3.05) is 26.2 Å². The van der Waals surface area contributed by atoms with Gasteiger partial charge < -0.3 is 4.90 Å². The van der Waals surface area contributed by atoms with E-state index in [0.717, 1.165) is 32.6 Å². The monoisotopic (exact) mass is 251 g/mol. The maximum atomic E-state index is 12.2. The molecular weight excluding hydrogens is 226 g/mol. The van der Waals surface area contributed by atoms with Crippen molar-refractivity contribution in [2.45, 2.75) is 40.2 Å². The number of nitriles is 1. The molecule has 2 atom stereocenters. The van der Waals surface area contributed by atoms with Crippen LogP contribution in [-0.2, 0) is 4.79 Å². The first-order valence-electron chi connectivity index (χ1n) is 6.97. The number of carbonyl (C=O) groups is 1. The Bertz CT molecular complexity index is 317. The number of amides is 1. The number of rotatable bonds is 5. The van der Waals surface area contributed by atoms with Crippen LogP contribution < -0.4 is 0 Å². The van der Waals surface area contributed by atoms with Gasteiger partial charge in [0.15, 0.2) is 0 Å². The lowest BCUT2D eigenvalue weighted by Crippen LogP contribution is -2.41. The van der Waals surface area contributed by atoms with Crippen LogP contribution in [-0.4, -0.2) is 47.9 Å². The number of likely N-dealkylation sites (tertiary alicyclic amines) is 1. The van der Waals surface area contributed by atoms with E-state index in [1.807, 2.05) is 18.7 Å². The highest BCUT2D eigenvalue weighted by atomic mass is 16.2. The first-order chi connectivity index (χ1) is 8.54. The molecule has 1 heterocycles. The minimum atomic E-state index is -0.486. The van der Waals surface area contributed by atoms with Crippen molar-refractivity contribution in [1.82, 2.24) is 9.80 Å². The Balaban J connectivity index is 2.61. The molecule has 2 unspecified atom stereocenters. The maximum absolute atomic E-state index is 12.2. The van der Waals surface area contributed by atoms with Gasteiger partial charge in [-0.2, -0.15) is 5.26 Å². The minimum Gasteiger partial charge on any atom is -0.340 e. The number of nitrogens with zero attached hydrogens (tertiary/aromatic N) is 3. The van der Waals surface area contributed by atoms with E-state index < -0.39 is 5.92 Å². The van der Waals surface area contributed by atoms with E-state index in [2.05, 4.69) is 24.8 Å². The Morgan fingerprint density at radius 3 is 2.50 bits per heavy atom. The molecule has 0 saturated carbocycles. The van der Waals surface area contributed by atoms with Crippen LogP contribution in [0.15, 0.2) is 0 Å². The van der Waals surface area contributed by atoms with E-state index in [-0.39, 0.29) is 11.8 Å². The molecule has 1 aliphatic heterocycles. The van der Waals surface area contributed by atoms with Gasteiger partial charge in [0, 0.05) is 19.1 Å². The summed E-state index contributed by atoms with van der Waals surface area (Å²) in [6, 6.07) is 2.61. The topological polar surface area (TPSA) is 47.3 Å². The Hall–Kier alpha value is -1.08. The molecule has 102 valence electrons. The van der Waals surface area contributed by atoms with Gasteiger partial charge in [0.2, 0.25) is 5.91 Å². The highest BCUT2D eigenvalue weighted by Gasteiger charge is 2.33. The molecule has 0 N–H and O–H groups in total. The van der Waals surface area contributed by atoms with Crippen LogP contribution in [0.25, 0.3) is 0 Å². The van der Waals surface area contributed by atoms with Gasteiger partial charge in [0.25, 0.3) is 0 Å². The van der Waals surface area contributed by atoms with Gasteiger partial charge >= 0.3 is 0 Å². The lowest BCUT2D eigenvalue weighted by Gasteiger charge is -2.27. The minimum absolute atomic E-state index is 0.0159. The fourth-order valence-electron chi connectivity index (χ4n) is 2.67. The Kier molecular flexibility index (Phi) is 5.61. The van der Waals surface area contributed by atoms with Crippen LogP contribution in [0.2, 0.25) is 0 Å². The van der Waals surface area contributed by atoms with Crippen molar-refractivity contribution in [1.29, 1.82) is 5.26 Å². The molecule has 0 bridgehead atoms. The number of likely N-dealkylation sites (N-methyl/N-ethyl adjacent to an activating group) is 1. The second-order valence-corrected chi connectivity index (χ2v) is 5.30. The molecule has 1 rings (SSSR count). The largest absolute Gasteiger partial charge is 0.340 e. The zero-order chi connectivity index (χ0) is 13.7. The maximum Gasteiger partial charge on any atom is 0.240 e. The summed E-state index contributed by atoms with van der Waals surface area (Å²) in [6.07, 6.45) is 1.03. The Morgan fingerprint density at radius 2 is 2.06 bits per heavy atom. The normalized spacial score (nSPS) is 21.4. The molecule has 1 amide bonds. The summed E-state index contributed by atoms with van der Waals surface area (Å²) in [4.78, 5) is 16.5. The molecule has 0 aromatic carbocycles. The second kappa shape index (κ2) is 6.75. The van der Waals surface area contributed by atoms with E-state index in [4.69, 9.17) is 5.26 Å². The fraction of sp³-hybridized carbons (Fsp3) is 0.857. The van der Waals surface area contributed by atoms with E-state index >= 15 is 0 Å². The van der Waals surface area contributed by atoms with Crippen molar-refractivity contribution in [3.8, 4) is 6.07 Å². The average molecular weight is 251 g/mol. The van der Waals surface area contributed by atoms with Gasteiger partial charge in [0.1, 0.15) is 5.92 Å². The third-order valence-corrected chi connectivity index (χ3v) is 3.88. The van der Waals surface area contributed by atoms with Gasteiger partial charge in [0.05, 0.1) is 6.07 Å². The summed E-state index contributed by atoms with van der Waals surface area (Å²) in [7, 11) is 0. The molecule has 0 radical (unpaired) electrons. The lowest BCUT2D eigenvalue weighted by molar-refractivity contribution is -0.134. The summed E-state index contributed by atoms with van der Waals surface area (Å²) in [5.74, 6) is -0.377. The number of hydrogen-bond acceptors (Lipinski definition) is 3. The third kappa shape index (κ3) is 3.23.